The summed E-state index contributed by atoms with van der Waals surface area (Å²) in [6.07, 6.45) is 2.79. The van der Waals surface area contributed by atoms with E-state index in [1.807, 2.05) is 24.9 Å². The van der Waals surface area contributed by atoms with Crippen LogP contribution < -0.4 is 0 Å². The standard InChI is InChI=1S/C13H18N4O2/c1-9-10(5-15(2)14-9)6-16-7-11(8-16)17-12(18)3-4-13(17)19/h5,11H,3-4,6-8H2,1-2H3. The Labute approximate surface area is 112 Å². The molecule has 0 unspecified atom stereocenters. The van der Waals surface area contributed by atoms with Crippen molar-refractivity contribution >= 4 is 11.8 Å². The third-order valence-corrected chi connectivity index (χ3v) is 3.90. The molecule has 0 N–H and O–H groups in total. The maximum Gasteiger partial charge on any atom is 0.230 e. The first-order chi connectivity index (χ1) is 9.04. The van der Waals surface area contributed by atoms with Crippen LogP contribution in [0.15, 0.2) is 6.20 Å². The molecule has 1 aromatic heterocycles. The van der Waals surface area contributed by atoms with Crippen LogP contribution >= 0.6 is 0 Å². The molecular weight excluding hydrogens is 244 g/mol. The monoisotopic (exact) mass is 262 g/mol. The minimum absolute atomic E-state index is 0.00721. The van der Waals surface area contributed by atoms with Gasteiger partial charge < -0.3 is 0 Å². The molecule has 3 heterocycles. The van der Waals surface area contributed by atoms with E-state index in [1.54, 1.807) is 0 Å². The zero-order chi connectivity index (χ0) is 13.6. The molecule has 6 heteroatoms. The molecule has 2 aliphatic heterocycles. The second kappa shape index (κ2) is 4.45. The Morgan fingerprint density at radius 2 is 1.89 bits per heavy atom. The maximum absolute atomic E-state index is 11.6. The minimum Gasteiger partial charge on any atom is -0.295 e. The van der Waals surface area contributed by atoms with Crippen molar-refractivity contribution in [3.05, 3.63) is 17.5 Å². The Bertz CT molecular complexity index is 515. The normalized spacial score (nSPS) is 21.3. The summed E-state index contributed by atoms with van der Waals surface area (Å²) in [6, 6.07) is 0.0828. The number of rotatable bonds is 3. The summed E-state index contributed by atoms with van der Waals surface area (Å²) in [4.78, 5) is 26.9. The third-order valence-electron chi connectivity index (χ3n) is 3.90. The number of aryl methyl sites for hydroxylation is 2. The van der Waals surface area contributed by atoms with Crippen LogP contribution in [0.2, 0.25) is 0 Å². The number of aromatic nitrogens is 2. The van der Waals surface area contributed by atoms with Crippen molar-refractivity contribution in [1.82, 2.24) is 19.6 Å². The fraction of sp³-hybridized carbons (Fsp3) is 0.615. The topological polar surface area (TPSA) is 58.4 Å². The average Bonchev–Trinajstić information content (AvgIpc) is 2.77. The molecule has 19 heavy (non-hydrogen) atoms. The van der Waals surface area contributed by atoms with E-state index in [4.69, 9.17) is 0 Å². The molecule has 2 aliphatic rings. The smallest absolute Gasteiger partial charge is 0.230 e. The lowest BCUT2D eigenvalue weighted by atomic mass is 10.1. The fourth-order valence-electron chi connectivity index (χ4n) is 2.88. The molecule has 1 aromatic rings. The molecule has 2 amide bonds. The first-order valence-electron chi connectivity index (χ1n) is 6.61. The number of hydrogen-bond donors (Lipinski definition) is 0. The van der Waals surface area contributed by atoms with Crippen LogP contribution in [0.3, 0.4) is 0 Å². The van der Waals surface area contributed by atoms with Crippen molar-refractivity contribution in [2.24, 2.45) is 7.05 Å². The van der Waals surface area contributed by atoms with Crippen LogP contribution in [0.25, 0.3) is 0 Å². The zero-order valence-electron chi connectivity index (χ0n) is 11.3. The summed E-state index contributed by atoms with van der Waals surface area (Å²) in [5.74, 6) is -0.0144. The van der Waals surface area contributed by atoms with Crippen molar-refractivity contribution in [3.63, 3.8) is 0 Å². The summed E-state index contributed by atoms with van der Waals surface area (Å²) < 4.78 is 1.81. The highest BCUT2D eigenvalue weighted by molar-refractivity contribution is 6.02. The highest BCUT2D eigenvalue weighted by Gasteiger charge is 2.41. The quantitative estimate of drug-likeness (QED) is 0.723. The van der Waals surface area contributed by atoms with Gasteiger partial charge >= 0.3 is 0 Å². The number of likely N-dealkylation sites (tertiary alicyclic amines) is 2. The Hall–Kier alpha value is -1.69. The van der Waals surface area contributed by atoms with Crippen molar-refractivity contribution in [2.75, 3.05) is 13.1 Å². The van der Waals surface area contributed by atoms with Crippen LogP contribution in [0.1, 0.15) is 24.1 Å². The molecule has 2 saturated heterocycles. The fourth-order valence-corrected chi connectivity index (χ4v) is 2.88. The SMILES string of the molecule is Cc1nn(C)cc1CN1CC(N2C(=O)CCC2=O)C1. The maximum atomic E-state index is 11.6. The number of hydrogen-bond acceptors (Lipinski definition) is 4. The molecule has 2 fully saturated rings. The molecule has 3 rings (SSSR count). The predicted octanol–water partition coefficient (Wildman–Crippen LogP) is 0.0617. The summed E-state index contributed by atoms with van der Waals surface area (Å²) >= 11 is 0. The molecule has 0 spiro atoms. The van der Waals surface area contributed by atoms with E-state index in [2.05, 4.69) is 10.00 Å². The first-order valence-corrected chi connectivity index (χ1v) is 6.61. The molecule has 0 bridgehead atoms. The van der Waals surface area contributed by atoms with Gasteiger partial charge in [-0.15, -0.1) is 0 Å². The van der Waals surface area contributed by atoms with Gasteiger partial charge in [-0.1, -0.05) is 0 Å². The molecule has 0 radical (unpaired) electrons. The van der Waals surface area contributed by atoms with Gasteiger partial charge in [0.1, 0.15) is 0 Å². The Kier molecular flexibility index (Phi) is 2.89. The molecule has 0 atom stereocenters. The summed E-state index contributed by atoms with van der Waals surface area (Å²) in [5, 5.41) is 4.31. The van der Waals surface area contributed by atoms with Crippen LogP contribution in [0.4, 0.5) is 0 Å². The van der Waals surface area contributed by atoms with Gasteiger partial charge in [0.05, 0.1) is 11.7 Å². The molecule has 6 nitrogen and oxygen atoms in total. The van der Waals surface area contributed by atoms with Crippen molar-refractivity contribution in [1.29, 1.82) is 0 Å². The van der Waals surface area contributed by atoms with Crippen LogP contribution in [0, 0.1) is 6.92 Å². The van der Waals surface area contributed by atoms with Gasteiger partial charge in [0.2, 0.25) is 11.8 Å². The van der Waals surface area contributed by atoms with Gasteiger partial charge in [-0.25, -0.2) is 0 Å². The van der Waals surface area contributed by atoms with Crippen LogP contribution in [-0.2, 0) is 23.2 Å². The Morgan fingerprint density at radius 1 is 1.26 bits per heavy atom. The van der Waals surface area contributed by atoms with Crippen molar-refractivity contribution in [3.8, 4) is 0 Å². The lowest BCUT2D eigenvalue weighted by Gasteiger charge is -2.43. The molecule has 0 aliphatic carbocycles. The summed E-state index contributed by atoms with van der Waals surface area (Å²) in [7, 11) is 1.91. The summed E-state index contributed by atoms with van der Waals surface area (Å²) in [5.41, 5.74) is 2.25. The second-order valence-corrected chi connectivity index (χ2v) is 5.42. The molecular formula is C13H18N4O2. The van der Waals surface area contributed by atoms with E-state index in [-0.39, 0.29) is 17.9 Å². The highest BCUT2D eigenvalue weighted by atomic mass is 16.2. The van der Waals surface area contributed by atoms with E-state index in [0.717, 1.165) is 25.3 Å². The van der Waals surface area contributed by atoms with E-state index in [1.165, 1.54) is 10.5 Å². The van der Waals surface area contributed by atoms with Gasteiger partial charge in [0.25, 0.3) is 0 Å². The van der Waals surface area contributed by atoms with Gasteiger partial charge in [-0.2, -0.15) is 5.10 Å². The van der Waals surface area contributed by atoms with Gasteiger partial charge in [0, 0.05) is 51.3 Å². The van der Waals surface area contributed by atoms with E-state index in [9.17, 15) is 9.59 Å². The number of imide groups is 1. The number of nitrogens with zero attached hydrogens (tertiary/aromatic N) is 4. The highest BCUT2D eigenvalue weighted by Crippen LogP contribution is 2.24. The molecule has 0 saturated carbocycles. The average molecular weight is 262 g/mol. The minimum atomic E-state index is -0.00721. The predicted molar refractivity (Wildman–Crippen MR) is 68.1 cm³/mol. The Morgan fingerprint density at radius 3 is 2.42 bits per heavy atom. The number of amides is 2. The molecule has 0 aromatic carbocycles. The van der Waals surface area contributed by atoms with Crippen molar-refractivity contribution in [2.45, 2.75) is 32.4 Å². The Balaban J connectivity index is 1.57. The largest absolute Gasteiger partial charge is 0.295 e. The van der Waals surface area contributed by atoms with Crippen molar-refractivity contribution < 1.29 is 9.59 Å². The zero-order valence-corrected chi connectivity index (χ0v) is 11.3. The summed E-state index contributed by atoms with van der Waals surface area (Å²) in [6.45, 7) is 4.41. The van der Waals surface area contributed by atoms with Gasteiger partial charge in [0.15, 0.2) is 0 Å². The number of carbonyl (C=O) groups is 2. The molecule has 102 valence electrons. The van der Waals surface area contributed by atoms with Crippen LogP contribution in [-0.4, -0.2) is 50.5 Å². The number of carbonyl (C=O) groups excluding carboxylic acids is 2. The van der Waals surface area contributed by atoms with Gasteiger partial charge in [-0.05, 0) is 6.92 Å². The second-order valence-electron chi connectivity index (χ2n) is 5.42. The van der Waals surface area contributed by atoms with E-state index in [0.29, 0.717) is 12.8 Å². The van der Waals surface area contributed by atoms with Crippen LogP contribution in [0.5, 0.6) is 0 Å². The van der Waals surface area contributed by atoms with Gasteiger partial charge in [-0.3, -0.25) is 24.1 Å². The lowest BCUT2D eigenvalue weighted by molar-refractivity contribution is -0.145. The van der Waals surface area contributed by atoms with E-state index >= 15 is 0 Å². The lowest BCUT2D eigenvalue weighted by Crippen LogP contribution is -2.60. The third kappa shape index (κ3) is 2.16. The first kappa shape index (κ1) is 12.3. The van der Waals surface area contributed by atoms with E-state index < -0.39 is 0 Å².